The molecule has 2 nitrogen and oxygen atoms in total. The third kappa shape index (κ3) is 5.23. The molecule has 0 aliphatic carbocycles. The second kappa shape index (κ2) is 7.54. The highest BCUT2D eigenvalue weighted by Crippen LogP contribution is 2.23. The summed E-state index contributed by atoms with van der Waals surface area (Å²) in [6.45, 7) is 12.9. The average Bonchev–Trinajstić information content (AvgIpc) is 2.37. The van der Waals surface area contributed by atoms with E-state index in [9.17, 15) is 0 Å². The first kappa shape index (κ1) is 16.0. The zero-order valence-electron chi connectivity index (χ0n) is 13.1. The van der Waals surface area contributed by atoms with Gasteiger partial charge in [-0.15, -0.1) is 0 Å². The van der Waals surface area contributed by atoms with Crippen molar-refractivity contribution in [2.75, 3.05) is 13.2 Å². The lowest BCUT2D eigenvalue weighted by Gasteiger charge is -2.31. The molecule has 0 heterocycles. The summed E-state index contributed by atoms with van der Waals surface area (Å²) in [5.74, 6) is 1.03. The van der Waals surface area contributed by atoms with Gasteiger partial charge in [-0.25, -0.2) is 0 Å². The van der Waals surface area contributed by atoms with Crippen molar-refractivity contribution >= 4 is 0 Å². The molecule has 0 aliphatic heterocycles. The summed E-state index contributed by atoms with van der Waals surface area (Å²) < 4.78 is 6.05. The van der Waals surface area contributed by atoms with E-state index in [1.165, 1.54) is 5.56 Å². The van der Waals surface area contributed by atoms with Crippen molar-refractivity contribution in [3.05, 3.63) is 29.8 Å². The largest absolute Gasteiger partial charge is 0.492 e. The number of hydrogen-bond donors (Lipinski definition) is 1. The number of rotatable bonds is 7. The third-order valence-corrected chi connectivity index (χ3v) is 3.45. The lowest BCUT2D eigenvalue weighted by Crippen LogP contribution is -2.45. The second-order valence-corrected chi connectivity index (χ2v) is 6.15. The molecule has 1 aromatic rings. The van der Waals surface area contributed by atoms with Crippen molar-refractivity contribution in [3.63, 3.8) is 0 Å². The zero-order valence-corrected chi connectivity index (χ0v) is 13.1. The Labute approximate surface area is 118 Å². The predicted octanol–water partition coefficient (Wildman–Crippen LogP) is 4.04. The number of para-hydroxylation sites is 1. The number of ether oxygens (including phenoxy) is 1. The molecule has 0 fully saturated rings. The van der Waals surface area contributed by atoms with E-state index in [0.717, 1.165) is 31.7 Å². The van der Waals surface area contributed by atoms with Gasteiger partial charge in [0.15, 0.2) is 0 Å². The molecule has 0 aromatic heterocycles. The van der Waals surface area contributed by atoms with Crippen molar-refractivity contribution in [2.24, 2.45) is 5.41 Å². The van der Waals surface area contributed by atoms with Gasteiger partial charge < -0.3 is 10.1 Å². The van der Waals surface area contributed by atoms with Crippen LogP contribution in [0.4, 0.5) is 0 Å². The van der Waals surface area contributed by atoms with Crippen LogP contribution < -0.4 is 10.1 Å². The van der Waals surface area contributed by atoms with Gasteiger partial charge in [-0.1, -0.05) is 52.8 Å². The van der Waals surface area contributed by atoms with Crippen LogP contribution >= 0.6 is 0 Å². The first-order valence-corrected chi connectivity index (χ1v) is 7.43. The van der Waals surface area contributed by atoms with Gasteiger partial charge in [-0.2, -0.15) is 0 Å². The normalized spacial score (nSPS) is 13.3. The van der Waals surface area contributed by atoms with Crippen LogP contribution in [0.5, 0.6) is 5.75 Å². The topological polar surface area (TPSA) is 21.3 Å². The molecule has 108 valence electrons. The summed E-state index contributed by atoms with van der Waals surface area (Å²) in [6, 6.07) is 8.69. The molecule has 0 bridgehead atoms. The van der Waals surface area contributed by atoms with Gasteiger partial charge in [0.1, 0.15) is 12.4 Å². The van der Waals surface area contributed by atoms with E-state index >= 15 is 0 Å². The summed E-state index contributed by atoms with van der Waals surface area (Å²) in [5, 5.41) is 3.59. The fraction of sp³-hybridized carbons (Fsp3) is 0.647. The van der Waals surface area contributed by atoms with E-state index < -0.39 is 0 Å². The minimum absolute atomic E-state index is 0.205. The Morgan fingerprint density at radius 1 is 1.16 bits per heavy atom. The molecule has 0 saturated carbocycles. The summed E-state index contributed by atoms with van der Waals surface area (Å²) in [4.78, 5) is 0. The monoisotopic (exact) mass is 263 g/mol. The molecule has 1 aromatic carbocycles. The maximum atomic E-state index is 6.05. The predicted molar refractivity (Wildman–Crippen MR) is 82.9 cm³/mol. The molecule has 0 saturated heterocycles. The Balaban J connectivity index is 2.65. The number of nitrogens with one attached hydrogen (secondary N) is 1. The summed E-state index contributed by atoms with van der Waals surface area (Å²) >= 11 is 0. The summed E-state index contributed by atoms with van der Waals surface area (Å²) in [5.41, 5.74) is 1.49. The van der Waals surface area contributed by atoms with Crippen LogP contribution in [0.1, 0.15) is 46.6 Å². The van der Waals surface area contributed by atoms with Gasteiger partial charge >= 0.3 is 0 Å². The minimum Gasteiger partial charge on any atom is -0.492 e. The molecule has 1 unspecified atom stereocenters. The Hall–Kier alpha value is -1.02. The molecule has 1 rings (SSSR count). The SMILES string of the molecule is CCCNC(COc1ccccc1CC)C(C)(C)C. The lowest BCUT2D eigenvalue weighted by atomic mass is 9.87. The minimum atomic E-state index is 0.205. The molecular weight excluding hydrogens is 234 g/mol. The number of aryl methyl sites for hydroxylation is 1. The second-order valence-electron chi connectivity index (χ2n) is 6.15. The van der Waals surface area contributed by atoms with E-state index in [4.69, 9.17) is 4.74 Å². The van der Waals surface area contributed by atoms with E-state index in [1.807, 2.05) is 6.07 Å². The fourth-order valence-corrected chi connectivity index (χ4v) is 2.04. The van der Waals surface area contributed by atoms with Gasteiger partial charge in [0.2, 0.25) is 0 Å². The summed E-state index contributed by atoms with van der Waals surface area (Å²) in [6.07, 6.45) is 2.16. The van der Waals surface area contributed by atoms with Gasteiger partial charge in [0, 0.05) is 6.04 Å². The standard InChI is InChI=1S/C17H29NO/c1-6-12-18-16(17(3,4)5)13-19-15-11-9-8-10-14(15)7-2/h8-11,16,18H,6-7,12-13H2,1-5H3. The van der Waals surface area contributed by atoms with E-state index in [1.54, 1.807) is 0 Å². The highest BCUT2D eigenvalue weighted by molar-refractivity contribution is 5.33. The van der Waals surface area contributed by atoms with Crippen LogP contribution in [-0.2, 0) is 6.42 Å². The van der Waals surface area contributed by atoms with E-state index in [-0.39, 0.29) is 5.41 Å². The van der Waals surface area contributed by atoms with Crippen LogP contribution in [0.15, 0.2) is 24.3 Å². The van der Waals surface area contributed by atoms with Crippen molar-refractivity contribution in [1.82, 2.24) is 5.32 Å². The van der Waals surface area contributed by atoms with Crippen LogP contribution in [-0.4, -0.2) is 19.2 Å². The van der Waals surface area contributed by atoms with Crippen LogP contribution in [0.2, 0.25) is 0 Å². The lowest BCUT2D eigenvalue weighted by molar-refractivity contribution is 0.173. The first-order valence-electron chi connectivity index (χ1n) is 7.43. The van der Waals surface area contributed by atoms with Crippen molar-refractivity contribution in [3.8, 4) is 5.75 Å². The van der Waals surface area contributed by atoms with Crippen LogP contribution in [0.3, 0.4) is 0 Å². The third-order valence-electron chi connectivity index (χ3n) is 3.45. The molecule has 0 aliphatic rings. The fourth-order valence-electron chi connectivity index (χ4n) is 2.04. The van der Waals surface area contributed by atoms with Crippen molar-refractivity contribution in [2.45, 2.75) is 53.5 Å². The van der Waals surface area contributed by atoms with Crippen molar-refractivity contribution in [1.29, 1.82) is 0 Å². The first-order chi connectivity index (χ1) is 8.99. The Morgan fingerprint density at radius 3 is 2.42 bits per heavy atom. The maximum Gasteiger partial charge on any atom is 0.122 e. The molecule has 0 amide bonds. The number of hydrogen-bond acceptors (Lipinski definition) is 2. The molecular formula is C17H29NO. The number of benzene rings is 1. The molecule has 1 atom stereocenters. The molecule has 2 heteroatoms. The quantitative estimate of drug-likeness (QED) is 0.801. The van der Waals surface area contributed by atoms with Crippen LogP contribution in [0.25, 0.3) is 0 Å². The maximum absolute atomic E-state index is 6.05. The van der Waals surface area contributed by atoms with Gasteiger partial charge in [-0.3, -0.25) is 0 Å². The Kier molecular flexibility index (Phi) is 6.36. The van der Waals surface area contributed by atoms with Gasteiger partial charge in [-0.05, 0) is 36.4 Å². The highest BCUT2D eigenvalue weighted by atomic mass is 16.5. The van der Waals surface area contributed by atoms with Gasteiger partial charge in [0.05, 0.1) is 0 Å². The molecule has 0 spiro atoms. The highest BCUT2D eigenvalue weighted by Gasteiger charge is 2.24. The molecule has 1 N–H and O–H groups in total. The Bertz CT molecular complexity index is 368. The average molecular weight is 263 g/mol. The Morgan fingerprint density at radius 2 is 1.84 bits per heavy atom. The zero-order chi connectivity index (χ0) is 14.3. The van der Waals surface area contributed by atoms with Crippen molar-refractivity contribution < 1.29 is 4.74 Å². The van der Waals surface area contributed by atoms with E-state index in [2.05, 4.69) is 58.1 Å². The smallest absolute Gasteiger partial charge is 0.122 e. The summed E-state index contributed by atoms with van der Waals surface area (Å²) in [7, 11) is 0. The molecule has 19 heavy (non-hydrogen) atoms. The van der Waals surface area contributed by atoms with Gasteiger partial charge in [0.25, 0.3) is 0 Å². The van der Waals surface area contributed by atoms with E-state index in [0.29, 0.717) is 6.04 Å². The molecule has 0 radical (unpaired) electrons. The van der Waals surface area contributed by atoms with Crippen LogP contribution in [0, 0.1) is 5.41 Å².